The summed E-state index contributed by atoms with van der Waals surface area (Å²) in [6, 6.07) is 6.21. The summed E-state index contributed by atoms with van der Waals surface area (Å²) >= 11 is 1.61. The Labute approximate surface area is 129 Å². The molecule has 1 aromatic carbocycles. The third-order valence-electron chi connectivity index (χ3n) is 3.26. The molecule has 0 saturated heterocycles. The number of aryl methyl sites for hydroxylation is 2. The molecule has 2 unspecified atom stereocenters. The maximum absolute atomic E-state index is 10.0. The van der Waals surface area contributed by atoms with Gasteiger partial charge in [-0.1, -0.05) is 12.1 Å². The Balaban J connectivity index is 1.77. The zero-order chi connectivity index (χ0) is 15.2. The molecule has 2 N–H and O–H groups in total. The number of ether oxygens (including phenoxy) is 1. The van der Waals surface area contributed by atoms with Crippen molar-refractivity contribution in [3.8, 4) is 5.75 Å². The number of aliphatic hydroxyl groups excluding tert-OH is 1. The molecule has 0 aliphatic rings. The Morgan fingerprint density at radius 3 is 2.90 bits per heavy atom. The second-order valence-electron chi connectivity index (χ2n) is 5.23. The maximum atomic E-state index is 10.0. The molecule has 2 atom stereocenters. The van der Waals surface area contributed by atoms with Crippen molar-refractivity contribution in [2.24, 2.45) is 0 Å². The molecular weight excluding hydrogens is 284 g/mol. The number of rotatable bonds is 7. The van der Waals surface area contributed by atoms with Gasteiger partial charge in [-0.25, -0.2) is 4.98 Å². The summed E-state index contributed by atoms with van der Waals surface area (Å²) in [6.45, 7) is 6.83. The Bertz CT molecular complexity index is 557. The van der Waals surface area contributed by atoms with Crippen LogP contribution in [-0.4, -0.2) is 29.3 Å². The van der Waals surface area contributed by atoms with E-state index in [1.54, 1.807) is 17.5 Å². The standard InChI is InChI=1S/C16H22N2O2S/c1-11-4-5-12(2)15(8-11)20-10-14(19)9-18-13(3)16-17-6-7-21-16/h4-8,13-14,18-19H,9-10H2,1-3H3. The fourth-order valence-corrected chi connectivity index (χ4v) is 2.63. The first-order valence-corrected chi connectivity index (χ1v) is 7.95. The van der Waals surface area contributed by atoms with Crippen molar-refractivity contribution in [3.63, 3.8) is 0 Å². The molecule has 1 aromatic heterocycles. The van der Waals surface area contributed by atoms with Crippen LogP contribution in [0.3, 0.4) is 0 Å². The first-order chi connectivity index (χ1) is 10.1. The highest BCUT2D eigenvalue weighted by molar-refractivity contribution is 7.09. The third kappa shape index (κ3) is 4.81. The largest absolute Gasteiger partial charge is 0.491 e. The van der Waals surface area contributed by atoms with Crippen LogP contribution in [0.1, 0.15) is 29.1 Å². The van der Waals surface area contributed by atoms with E-state index < -0.39 is 6.10 Å². The van der Waals surface area contributed by atoms with Crippen molar-refractivity contribution in [3.05, 3.63) is 45.9 Å². The predicted octanol–water partition coefficient (Wildman–Crippen LogP) is 2.85. The molecule has 0 fully saturated rings. The summed E-state index contributed by atoms with van der Waals surface area (Å²) in [5.74, 6) is 0.835. The average molecular weight is 306 g/mol. The van der Waals surface area contributed by atoms with Gasteiger partial charge in [0.2, 0.25) is 0 Å². The van der Waals surface area contributed by atoms with Gasteiger partial charge in [0.15, 0.2) is 0 Å². The summed E-state index contributed by atoms with van der Waals surface area (Å²) in [5, 5.41) is 16.3. The van der Waals surface area contributed by atoms with E-state index in [0.717, 1.165) is 21.9 Å². The number of nitrogens with zero attached hydrogens (tertiary/aromatic N) is 1. The lowest BCUT2D eigenvalue weighted by Crippen LogP contribution is -2.33. The van der Waals surface area contributed by atoms with Gasteiger partial charge in [0, 0.05) is 18.1 Å². The summed E-state index contributed by atoms with van der Waals surface area (Å²) in [7, 11) is 0. The van der Waals surface area contributed by atoms with E-state index in [2.05, 4.69) is 16.4 Å². The molecule has 0 aliphatic heterocycles. The fourth-order valence-electron chi connectivity index (χ4n) is 1.96. The molecule has 0 amide bonds. The van der Waals surface area contributed by atoms with Crippen molar-refractivity contribution in [2.45, 2.75) is 32.9 Å². The van der Waals surface area contributed by atoms with Crippen LogP contribution in [0.25, 0.3) is 0 Å². The molecule has 21 heavy (non-hydrogen) atoms. The Morgan fingerprint density at radius 2 is 2.19 bits per heavy atom. The molecule has 1 heterocycles. The normalized spacial score (nSPS) is 13.9. The number of nitrogens with one attached hydrogen (secondary N) is 1. The lowest BCUT2D eigenvalue weighted by atomic mass is 10.1. The highest BCUT2D eigenvalue weighted by Crippen LogP contribution is 2.19. The molecule has 0 bridgehead atoms. The van der Waals surface area contributed by atoms with E-state index in [1.165, 1.54) is 0 Å². The monoisotopic (exact) mass is 306 g/mol. The van der Waals surface area contributed by atoms with E-state index in [1.807, 2.05) is 38.3 Å². The number of hydrogen-bond acceptors (Lipinski definition) is 5. The first kappa shape index (κ1) is 15.9. The first-order valence-electron chi connectivity index (χ1n) is 7.07. The molecule has 2 rings (SSSR count). The summed E-state index contributed by atoms with van der Waals surface area (Å²) in [5.41, 5.74) is 2.23. The molecule has 0 saturated carbocycles. The molecule has 114 valence electrons. The van der Waals surface area contributed by atoms with Crippen molar-refractivity contribution in [1.82, 2.24) is 10.3 Å². The van der Waals surface area contributed by atoms with Crippen LogP contribution in [0.2, 0.25) is 0 Å². The number of aliphatic hydroxyl groups is 1. The predicted molar refractivity (Wildman–Crippen MR) is 85.9 cm³/mol. The van der Waals surface area contributed by atoms with Gasteiger partial charge in [0.05, 0.1) is 6.04 Å². The minimum Gasteiger partial charge on any atom is -0.491 e. The van der Waals surface area contributed by atoms with Gasteiger partial charge in [0.25, 0.3) is 0 Å². The van der Waals surface area contributed by atoms with Crippen LogP contribution >= 0.6 is 11.3 Å². The SMILES string of the molecule is Cc1ccc(C)c(OCC(O)CNC(C)c2nccs2)c1. The quantitative estimate of drug-likeness (QED) is 0.826. The molecule has 0 radical (unpaired) electrons. The second-order valence-corrected chi connectivity index (χ2v) is 6.16. The minimum absolute atomic E-state index is 0.139. The number of benzene rings is 1. The van der Waals surface area contributed by atoms with Gasteiger partial charge in [-0.2, -0.15) is 0 Å². The highest BCUT2D eigenvalue weighted by Gasteiger charge is 2.11. The Morgan fingerprint density at radius 1 is 1.38 bits per heavy atom. The van der Waals surface area contributed by atoms with Gasteiger partial charge in [-0.05, 0) is 38.0 Å². The zero-order valence-electron chi connectivity index (χ0n) is 12.7. The Kier molecular flexibility index (Phi) is 5.73. The van der Waals surface area contributed by atoms with Gasteiger partial charge < -0.3 is 15.2 Å². The van der Waals surface area contributed by atoms with Crippen LogP contribution < -0.4 is 10.1 Å². The van der Waals surface area contributed by atoms with E-state index in [0.29, 0.717) is 6.54 Å². The van der Waals surface area contributed by atoms with Gasteiger partial charge in [-0.15, -0.1) is 11.3 Å². The number of aromatic nitrogens is 1. The molecule has 0 spiro atoms. The lowest BCUT2D eigenvalue weighted by Gasteiger charge is -2.17. The summed E-state index contributed by atoms with van der Waals surface area (Å²) < 4.78 is 5.70. The number of thiazole rings is 1. The van der Waals surface area contributed by atoms with Crippen molar-refractivity contribution < 1.29 is 9.84 Å². The van der Waals surface area contributed by atoms with Gasteiger partial charge in [-0.3, -0.25) is 0 Å². The summed E-state index contributed by atoms with van der Waals surface area (Å²) in [6.07, 6.45) is 1.24. The second kappa shape index (κ2) is 7.54. The lowest BCUT2D eigenvalue weighted by molar-refractivity contribution is 0.104. The van der Waals surface area contributed by atoms with E-state index >= 15 is 0 Å². The molecule has 0 aliphatic carbocycles. The average Bonchev–Trinajstić information content (AvgIpc) is 3.00. The van der Waals surface area contributed by atoms with Crippen LogP contribution in [0.15, 0.2) is 29.8 Å². The van der Waals surface area contributed by atoms with Crippen LogP contribution in [-0.2, 0) is 0 Å². The zero-order valence-corrected chi connectivity index (χ0v) is 13.5. The maximum Gasteiger partial charge on any atom is 0.122 e. The van der Waals surface area contributed by atoms with Crippen molar-refractivity contribution >= 4 is 11.3 Å². The van der Waals surface area contributed by atoms with Crippen LogP contribution in [0, 0.1) is 13.8 Å². The van der Waals surface area contributed by atoms with Gasteiger partial charge in [0.1, 0.15) is 23.5 Å². The third-order valence-corrected chi connectivity index (χ3v) is 4.21. The summed E-state index contributed by atoms with van der Waals surface area (Å²) in [4.78, 5) is 4.25. The van der Waals surface area contributed by atoms with E-state index in [9.17, 15) is 5.11 Å². The van der Waals surface area contributed by atoms with Gasteiger partial charge >= 0.3 is 0 Å². The fraction of sp³-hybridized carbons (Fsp3) is 0.438. The molecule has 4 nitrogen and oxygen atoms in total. The molecular formula is C16H22N2O2S. The van der Waals surface area contributed by atoms with Crippen molar-refractivity contribution in [1.29, 1.82) is 0 Å². The molecule has 2 aromatic rings. The number of hydrogen-bond donors (Lipinski definition) is 2. The minimum atomic E-state index is -0.549. The Hall–Kier alpha value is -1.43. The van der Waals surface area contributed by atoms with E-state index in [-0.39, 0.29) is 12.6 Å². The topological polar surface area (TPSA) is 54.4 Å². The van der Waals surface area contributed by atoms with Crippen molar-refractivity contribution in [2.75, 3.05) is 13.2 Å². The van der Waals surface area contributed by atoms with E-state index in [4.69, 9.17) is 4.74 Å². The van der Waals surface area contributed by atoms with Crippen LogP contribution in [0.4, 0.5) is 0 Å². The molecule has 5 heteroatoms. The van der Waals surface area contributed by atoms with Crippen LogP contribution in [0.5, 0.6) is 5.75 Å². The highest BCUT2D eigenvalue weighted by atomic mass is 32.1. The smallest absolute Gasteiger partial charge is 0.122 e.